The summed E-state index contributed by atoms with van der Waals surface area (Å²) in [4.78, 5) is 29.3. The number of hydrogen-bond donors (Lipinski definition) is 1. The van der Waals surface area contributed by atoms with Crippen LogP contribution in [-0.4, -0.2) is 14.5 Å². The number of aromatic nitrogens is 3. The maximum atomic E-state index is 11.5. The minimum atomic E-state index is -0.219. The molecule has 5 heteroatoms. The van der Waals surface area contributed by atoms with Crippen molar-refractivity contribution < 1.29 is 0 Å². The fourth-order valence-electron chi connectivity index (χ4n) is 1.46. The second-order valence-electron chi connectivity index (χ2n) is 3.15. The SMILES string of the molecule is Cc1cc(=O)n(C)c2nc[nH]c(=O)c12. The van der Waals surface area contributed by atoms with Gasteiger partial charge in [0.25, 0.3) is 11.1 Å². The number of aromatic amines is 1. The lowest BCUT2D eigenvalue weighted by atomic mass is 10.2. The number of fused-ring (bicyclic) bond motifs is 1. The van der Waals surface area contributed by atoms with Crippen molar-refractivity contribution in [1.82, 2.24) is 14.5 Å². The molecule has 0 bridgehead atoms. The summed E-state index contributed by atoms with van der Waals surface area (Å²) < 4.78 is 1.36. The van der Waals surface area contributed by atoms with Gasteiger partial charge in [0.1, 0.15) is 5.65 Å². The van der Waals surface area contributed by atoms with Gasteiger partial charge in [0.15, 0.2) is 0 Å². The lowest BCUT2D eigenvalue weighted by Crippen LogP contribution is -2.21. The highest BCUT2D eigenvalue weighted by atomic mass is 16.1. The highest BCUT2D eigenvalue weighted by Gasteiger charge is 2.06. The number of H-pyrrole nitrogens is 1. The van der Waals surface area contributed by atoms with Gasteiger partial charge in [-0.15, -0.1) is 0 Å². The molecule has 1 N–H and O–H groups in total. The fraction of sp³-hybridized carbons (Fsp3) is 0.222. The Morgan fingerprint density at radius 2 is 2.14 bits per heavy atom. The van der Waals surface area contributed by atoms with Gasteiger partial charge in [0.2, 0.25) is 0 Å². The monoisotopic (exact) mass is 191 g/mol. The molecule has 0 saturated carbocycles. The van der Waals surface area contributed by atoms with Gasteiger partial charge in [-0.3, -0.25) is 14.2 Å². The van der Waals surface area contributed by atoms with Crippen molar-refractivity contribution >= 4 is 11.0 Å². The predicted molar refractivity (Wildman–Crippen MR) is 52.3 cm³/mol. The van der Waals surface area contributed by atoms with E-state index in [9.17, 15) is 9.59 Å². The molecule has 0 radical (unpaired) electrons. The van der Waals surface area contributed by atoms with Crippen LogP contribution in [0, 0.1) is 6.92 Å². The highest BCUT2D eigenvalue weighted by molar-refractivity contribution is 5.77. The average molecular weight is 191 g/mol. The average Bonchev–Trinajstić information content (AvgIpc) is 2.14. The summed E-state index contributed by atoms with van der Waals surface area (Å²) in [6, 6.07) is 1.43. The standard InChI is InChI=1S/C9H9N3O2/c1-5-3-6(13)12(2)8-7(5)9(14)11-4-10-8/h3-4H,1-2H3,(H,10,11,14). The molecular formula is C9H9N3O2. The Balaban J connectivity index is 3.18. The van der Waals surface area contributed by atoms with Crippen LogP contribution < -0.4 is 11.1 Å². The van der Waals surface area contributed by atoms with Crippen LogP contribution in [-0.2, 0) is 7.05 Å². The number of nitrogens with zero attached hydrogens (tertiary/aromatic N) is 2. The zero-order valence-electron chi connectivity index (χ0n) is 7.87. The van der Waals surface area contributed by atoms with Gasteiger partial charge < -0.3 is 4.98 Å². The van der Waals surface area contributed by atoms with Crippen LogP contribution in [0.3, 0.4) is 0 Å². The van der Waals surface area contributed by atoms with Crippen LogP contribution in [0.2, 0.25) is 0 Å². The second-order valence-corrected chi connectivity index (χ2v) is 3.15. The molecule has 72 valence electrons. The molecule has 0 unspecified atom stereocenters. The van der Waals surface area contributed by atoms with Gasteiger partial charge in [0.05, 0.1) is 11.7 Å². The molecule has 0 atom stereocenters. The van der Waals surface area contributed by atoms with Crippen molar-refractivity contribution in [2.75, 3.05) is 0 Å². The summed E-state index contributed by atoms with van der Waals surface area (Å²) in [6.07, 6.45) is 1.30. The molecule has 0 aromatic carbocycles. The lowest BCUT2D eigenvalue weighted by molar-refractivity contribution is 0.877. The number of hydrogen-bond acceptors (Lipinski definition) is 3. The molecule has 0 aliphatic heterocycles. The Bertz CT molecular complexity index is 609. The van der Waals surface area contributed by atoms with E-state index in [4.69, 9.17) is 0 Å². The Labute approximate surface area is 79.0 Å². The highest BCUT2D eigenvalue weighted by Crippen LogP contribution is 2.06. The van der Waals surface area contributed by atoms with Gasteiger partial charge in [0, 0.05) is 13.1 Å². The van der Waals surface area contributed by atoms with E-state index in [2.05, 4.69) is 9.97 Å². The van der Waals surface area contributed by atoms with Crippen molar-refractivity contribution in [2.45, 2.75) is 6.92 Å². The van der Waals surface area contributed by atoms with Crippen molar-refractivity contribution in [3.8, 4) is 0 Å². The maximum Gasteiger partial charge on any atom is 0.260 e. The summed E-state index contributed by atoms with van der Waals surface area (Å²) in [5.74, 6) is 0. The molecule has 0 spiro atoms. The molecular weight excluding hydrogens is 182 g/mol. The Hall–Kier alpha value is -1.91. The Morgan fingerprint density at radius 1 is 1.43 bits per heavy atom. The molecule has 0 aliphatic carbocycles. The van der Waals surface area contributed by atoms with E-state index in [0.29, 0.717) is 16.6 Å². The van der Waals surface area contributed by atoms with Crippen LogP contribution in [0.1, 0.15) is 5.56 Å². The summed E-state index contributed by atoms with van der Waals surface area (Å²) in [7, 11) is 1.59. The van der Waals surface area contributed by atoms with Crippen LogP contribution in [0.5, 0.6) is 0 Å². The molecule has 5 nitrogen and oxygen atoms in total. The van der Waals surface area contributed by atoms with Gasteiger partial charge in [-0.25, -0.2) is 4.98 Å². The molecule has 14 heavy (non-hydrogen) atoms. The summed E-state index contributed by atoms with van der Waals surface area (Å²) in [6.45, 7) is 1.72. The van der Waals surface area contributed by atoms with E-state index >= 15 is 0 Å². The van der Waals surface area contributed by atoms with Crippen LogP contribution in [0.15, 0.2) is 22.0 Å². The number of rotatable bonds is 0. The first-order valence-electron chi connectivity index (χ1n) is 4.15. The fourth-order valence-corrected chi connectivity index (χ4v) is 1.46. The minimum absolute atomic E-state index is 0.159. The molecule has 0 fully saturated rings. The van der Waals surface area contributed by atoms with E-state index in [1.54, 1.807) is 14.0 Å². The summed E-state index contributed by atoms with van der Waals surface area (Å²) in [5, 5.41) is 0.467. The van der Waals surface area contributed by atoms with Gasteiger partial charge >= 0.3 is 0 Å². The Morgan fingerprint density at radius 3 is 2.86 bits per heavy atom. The third-order valence-electron chi connectivity index (χ3n) is 2.22. The molecule has 0 aliphatic rings. The normalized spacial score (nSPS) is 10.7. The third-order valence-corrected chi connectivity index (χ3v) is 2.22. The Kier molecular flexibility index (Phi) is 1.73. The molecule has 2 heterocycles. The minimum Gasteiger partial charge on any atom is -0.313 e. The molecule has 0 saturated heterocycles. The third kappa shape index (κ3) is 1.06. The smallest absolute Gasteiger partial charge is 0.260 e. The molecule has 0 amide bonds. The zero-order chi connectivity index (χ0) is 10.3. The quantitative estimate of drug-likeness (QED) is 0.633. The second kappa shape index (κ2) is 2.80. The maximum absolute atomic E-state index is 11.5. The molecule has 2 aromatic heterocycles. The summed E-state index contributed by atoms with van der Waals surface area (Å²) >= 11 is 0. The lowest BCUT2D eigenvalue weighted by Gasteiger charge is -2.03. The predicted octanol–water partition coefficient (Wildman–Crippen LogP) is -0.0698. The topological polar surface area (TPSA) is 67.8 Å². The van der Waals surface area contributed by atoms with E-state index in [1.807, 2.05) is 0 Å². The van der Waals surface area contributed by atoms with Crippen molar-refractivity contribution in [3.63, 3.8) is 0 Å². The zero-order valence-corrected chi connectivity index (χ0v) is 7.87. The van der Waals surface area contributed by atoms with Crippen LogP contribution in [0.4, 0.5) is 0 Å². The molecule has 2 aromatic rings. The van der Waals surface area contributed by atoms with Crippen molar-refractivity contribution in [1.29, 1.82) is 0 Å². The van der Waals surface area contributed by atoms with Gasteiger partial charge in [-0.1, -0.05) is 0 Å². The molecule has 2 rings (SSSR count). The van der Waals surface area contributed by atoms with Crippen molar-refractivity contribution in [2.24, 2.45) is 7.05 Å². The van der Waals surface area contributed by atoms with E-state index < -0.39 is 0 Å². The first-order chi connectivity index (χ1) is 6.61. The number of pyridine rings is 1. The first-order valence-corrected chi connectivity index (χ1v) is 4.15. The number of aryl methyl sites for hydroxylation is 2. The largest absolute Gasteiger partial charge is 0.313 e. The van der Waals surface area contributed by atoms with Gasteiger partial charge in [-0.2, -0.15) is 0 Å². The van der Waals surface area contributed by atoms with Crippen molar-refractivity contribution in [3.05, 3.63) is 38.7 Å². The number of nitrogens with one attached hydrogen (secondary N) is 1. The van der Waals surface area contributed by atoms with E-state index in [0.717, 1.165) is 0 Å². The van der Waals surface area contributed by atoms with E-state index in [1.165, 1.54) is 17.0 Å². The summed E-state index contributed by atoms with van der Waals surface area (Å²) in [5.41, 5.74) is 0.687. The van der Waals surface area contributed by atoms with Crippen LogP contribution >= 0.6 is 0 Å². The van der Waals surface area contributed by atoms with Gasteiger partial charge in [-0.05, 0) is 12.5 Å². The van der Waals surface area contributed by atoms with Crippen LogP contribution in [0.25, 0.3) is 11.0 Å². The first kappa shape index (κ1) is 8.68. The van der Waals surface area contributed by atoms with E-state index in [-0.39, 0.29) is 11.1 Å².